The largest absolute Gasteiger partial charge is 0.470 e. The molecule has 3 aromatic rings. The molecule has 1 amide bonds. The molecule has 31 heavy (non-hydrogen) atoms. The number of alkyl halides is 3. The summed E-state index contributed by atoms with van der Waals surface area (Å²) in [5, 5.41) is 7.97. The zero-order valence-corrected chi connectivity index (χ0v) is 16.6. The number of para-hydroxylation sites is 1. The summed E-state index contributed by atoms with van der Waals surface area (Å²) in [5.41, 5.74) is 1.56. The molecule has 0 unspecified atom stereocenters. The first kappa shape index (κ1) is 20.8. The molecule has 0 bridgehead atoms. The monoisotopic (exact) mass is 452 g/mol. The maximum absolute atomic E-state index is 13.1. The van der Waals surface area contributed by atoms with Crippen LogP contribution in [0.15, 0.2) is 57.8 Å². The summed E-state index contributed by atoms with van der Waals surface area (Å²) < 4.78 is 69.4. The van der Waals surface area contributed by atoms with Crippen LogP contribution < -0.4 is 9.62 Å². The third-order valence-corrected chi connectivity index (χ3v) is 6.49. The van der Waals surface area contributed by atoms with E-state index in [2.05, 4.69) is 14.6 Å². The van der Waals surface area contributed by atoms with Gasteiger partial charge in [-0.25, -0.2) is 8.42 Å². The van der Waals surface area contributed by atoms with Crippen molar-refractivity contribution >= 4 is 27.6 Å². The number of aryl methyl sites for hydroxylation is 1. The lowest BCUT2D eigenvalue weighted by Crippen LogP contribution is -2.35. The van der Waals surface area contributed by atoms with Gasteiger partial charge in [0.15, 0.2) is 0 Å². The summed E-state index contributed by atoms with van der Waals surface area (Å²) >= 11 is 0. The van der Waals surface area contributed by atoms with Crippen molar-refractivity contribution < 1.29 is 30.8 Å². The van der Waals surface area contributed by atoms with Crippen LogP contribution in [0.5, 0.6) is 0 Å². The molecule has 0 radical (unpaired) electrons. The predicted octanol–water partition coefficient (Wildman–Crippen LogP) is 3.48. The van der Waals surface area contributed by atoms with E-state index in [4.69, 9.17) is 0 Å². The molecule has 0 aliphatic carbocycles. The summed E-state index contributed by atoms with van der Waals surface area (Å²) in [6, 6.07) is 11.5. The van der Waals surface area contributed by atoms with Crippen LogP contribution in [-0.2, 0) is 22.6 Å². The highest BCUT2D eigenvalue weighted by Gasteiger charge is 2.38. The molecule has 162 valence electrons. The minimum absolute atomic E-state index is 0.00440. The van der Waals surface area contributed by atoms with Gasteiger partial charge in [-0.2, -0.15) is 13.2 Å². The predicted molar refractivity (Wildman–Crippen MR) is 103 cm³/mol. The summed E-state index contributed by atoms with van der Waals surface area (Å²) in [6.45, 7) is 0.334. The Morgan fingerprint density at radius 2 is 1.77 bits per heavy atom. The van der Waals surface area contributed by atoms with Gasteiger partial charge in [0.05, 0.1) is 10.6 Å². The molecule has 1 N–H and O–H groups in total. The number of hydrogen-bond donors (Lipinski definition) is 1. The number of fused-ring (bicyclic) bond motifs is 1. The van der Waals surface area contributed by atoms with Crippen LogP contribution in [0.1, 0.15) is 28.2 Å². The van der Waals surface area contributed by atoms with Gasteiger partial charge in [0, 0.05) is 12.1 Å². The van der Waals surface area contributed by atoms with E-state index in [1.165, 1.54) is 28.6 Å². The highest BCUT2D eigenvalue weighted by atomic mass is 32.2. The second-order valence-electron chi connectivity index (χ2n) is 6.70. The van der Waals surface area contributed by atoms with E-state index >= 15 is 0 Å². The average molecular weight is 452 g/mol. The number of hydrogen-bond acceptors (Lipinski definition) is 6. The standard InChI is InChI=1S/C19H15F3N4O4S/c20-19(21,22)17-24-25-18(30-17)23-16(27)13-7-9-14(10-8-13)31(28,29)26-11-3-5-12-4-1-2-6-15(12)26/h1-2,4,6-10H,3,5,11H2,(H,23,25,27). The Morgan fingerprint density at radius 3 is 2.45 bits per heavy atom. The number of nitrogens with one attached hydrogen (secondary N) is 1. The topological polar surface area (TPSA) is 105 Å². The fourth-order valence-corrected chi connectivity index (χ4v) is 4.75. The third-order valence-electron chi connectivity index (χ3n) is 4.66. The van der Waals surface area contributed by atoms with E-state index in [1.54, 1.807) is 12.1 Å². The smallest absolute Gasteiger partial charge is 0.399 e. The second-order valence-corrected chi connectivity index (χ2v) is 8.56. The molecule has 2 aromatic carbocycles. The van der Waals surface area contributed by atoms with Gasteiger partial charge in [0.25, 0.3) is 15.9 Å². The summed E-state index contributed by atoms with van der Waals surface area (Å²) in [4.78, 5) is 12.2. The van der Waals surface area contributed by atoms with Crippen molar-refractivity contribution in [1.29, 1.82) is 0 Å². The first-order chi connectivity index (χ1) is 14.7. The van der Waals surface area contributed by atoms with E-state index in [9.17, 15) is 26.4 Å². The van der Waals surface area contributed by atoms with Crippen LogP contribution in [-0.4, -0.2) is 31.1 Å². The minimum atomic E-state index is -4.83. The maximum atomic E-state index is 13.1. The Balaban J connectivity index is 1.53. The van der Waals surface area contributed by atoms with Crippen LogP contribution in [0, 0.1) is 0 Å². The molecule has 1 aliphatic heterocycles. The first-order valence-electron chi connectivity index (χ1n) is 9.09. The quantitative estimate of drug-likeness (QED) is 0.650. The van der Waals surface area contributed by atoms with Gasteiger partial charge in [0.2, 0.25) is 0 Å². The number of carbonyl (C=O) groups is 1. The lowest BCUT2D eigenvalue weighted by molar-refractivity contribution is -0.156. The summed E-state index contributed by atoms with van der Waals surface area (Å²) in [5.74, 6) is -2.42. The van der Waals surface area contributed by atoms with Crippen molar-refractivity contribution in [2.75, 3.05) is 16.2 Å². The lowest BCUT2D eigenvalue weighted by Gasteiger charge is -2.30. The fraction of sp³-hybridized carbons (Fsp3) is 0.211. The first-order valence-corrected chi connectivity index (χ1v) is 10.5. The van der Waals surface area contributed by atoms with Gasteiger partial charge < -0.3 is 4.42 Å². The van der Waals surface area contributed by atoms with Crippen molar-refractivity contribution in [2.45, 2.75) is 23.9 Å². The Kier molecular flexibility index (Phi) is 5.17. The van der Waals surface area contributed by atoms with Crippen LogP contribution >= 0.6 is 0 Å². The highest BCUT2D eigenvalue weighted by Crippen LogP contribution is 2.32. The Labute approximate surface area is 174 Å². The zero-order chi connectivity index (χ0) is 22.2. The molecule has 1 aromatic heterocycles. The van der Waals surface area contributed by atoms with Gasteiger partial charge >= 0.3 is 18.1 Å². The molecule has 8 nitrogen and oxygen atoms in total. The lowest BCUT2D eigenvalue weighted by atomic mass is 10.0. The van der Waals surface area contributed by atoms with E-state index in [-0.39, 0.29) is 10.5 Å². The molecule has 0 fully saturated rings. The van der Waals surface area contributed by atoms with E-state index in [1.807, 2.05) is 17.4 Å². The number of aromatic nitrogens is 2. The van der Waals surface area contributed by atoms with Crippen LogP contribution in [0.2, 0.25) is 0 Å². The van der Waals surface area contributed by atoms with E-state index < -0.39 is 34.0 Å². The summed E-state index contributed by atoms with van der Waals surface area (Å²) in [7, 11) is -3.85. The Hall–Kier alpha value is -3.41. The number of anilines is 2. The van der Waals surface area contributed by atoms with Gasteiger partial charge in [-0.3, -0.25) is 14.4 Å². The molecule has 2 heterocycles. The van der Waals surface area contributed by atoms with Gasteiger partial charge in [-0.1, -0.05) is 23.3 Å². The Bertz CT molecular complexity index is 1220. The molecular formula is C19H15F3N4O4S. The molecule has 0 atom stereocenters. The maximum Gasteiger partial charge on any atom is 0.470 e. The molecule has 0 saturated carbocycles. The molecule has 0 saturated heterocycles. The van der Waals surface area contributed by atoms with Crippen LogP contribution in [0.4, 0.5) is 24.9 Å². The van der Waals surface area contributed by atoms with Gasteiger partial charge in [0.1, 0.15) is 0 Å². The van der Waals surface area contributed by atoms with Gasteiger partial charge in [-0.15, -0.1) is 5.10 Å². The van der Waals surface area contributed by atoms with Crippen LogP contribution in [0.3, 0.4) is 0 Å². The van der Waals surface area contributed by atoms with E-state index in [0.717, 1.165) is 12.0 Å². The van der Waals surface area contributed by atoms with Crippen LogP contribution in [0.25, 0.3) is 0 Å². The number of benzene rings is 2. The van der Waals surface area contributed by atoms with Gasteiger partial charge in [-0.05, 0) is 48.7 Å². The summed E-state index contributed by atoms with van der Waals surface area (Å²) in [6.07, 6.45) is -3.37. The number of halogens is 3. The number of sulfonamides is 1. The second kappa shape index (κ2) is 7.69. The molecule has 12 heteroatoms. The molecular weight excluding hydrogens is 437 g/mol. The fourth-order valence-electron chi connectivity index (χ4n) is 3.21. The van der Waals surface area contributed by atoms with E-state index in [0.29, 0.717) is 18.7 Å². The SMILES string of the molecule is O=C(Nc1nnc(C(F)(F)F)o1)c1ccc(S(=O)(=O)N2CCCc3ccccc32)cc1. The zero-order valence-electron chi connectivity index (χ0n) is 15.8. The number of rotatable bonds is 4. The average Bonchev–Trinajstić information content (AvgIpc) is 3.22. The normalized spacial score (nSPS) is 14.2. The number of amides is 1. The van der Waals surface area contributed by atoms with Crippen molar-refractivity contribution in [2.24, 2.45) is 0 Å². The molecule has 1 aliphatic rings. The molecule has 0 spiro atoms. The van der Waals surface area contributed by atoms with Crippen molar-refractivity contribution in [1.82, 2.24) is 10.2 Å². The van der Waals surface area contributed by atoms with Crippen molar-refractivity contribution in [3.63, 3.8) is 0 Å². The molecule has 4 rings (SSSR count). The Morgan fingerprint density at radius 1 is 1.06 bits per heavy atom. The van der Waals surface area contributed by atoms with Crippen molar-refractivity contribution in [3.8, 4) is 0 Å². The third kappa shape index (κ3) is 4.10. The highest BCUT2D eigenvalue weighted by molar-refractivity contribution is 7.92. The minimum Gasteiger partial charge on any atom is -0.399 e. The number of carbonyl (C=O) groups excluding carboxylic acids is 1. The number of nitrogens with zero attached hydrogens (tertiary/aromatic N) is 3. The van der Waals surface area contributed by atoms with Crippen molar-refractivity contribution in [3.05, 3.63) is 65.5 Å².